The Hall–Kier alpha value is -4.32. The summed E-state index contributed by atoms with van der Waals surface area (Å²) in [6, 6.07) is 16.0. The van der Waals surface area contributed by atoms with Gasteiger partial charge < -0.3 is 25.3 Å². The van der Waals surface area contributed by atoms with Crippen LogP contribution in [0.1, 0.15) is 56.3 Å². The van der Waals surface area contributed by atoms with Crippen LogP contribution in [-0.4, -0.2) is 99.7 Å². The lowest BCUT2D eigenvalue weighted by Crippen LogP contribution is -2.49. The Balaban J connectivity index is 0.879. The molecule has 0 radical (unpaired) electrons. The Bertz CT molecular complexity index is 1790. The van der Waals surface area contributed by atoms with Crippen LogP contribution in [0, 0.1) is 0 Å². The van der Waals surface area contributed by atoms with Crippen molar-refractivity contribution in [3.63, 3.8) is 0 Å². The monoisotopic (exact) mass is 661 g/mol. The molecule has 3 N–H and O–H groups in total. The number of aromatic amines is 1. The number of ether oxygens (including phenoxy) is 1. The molecule has 4 aliphatic rings. The minimum Gasteiger partial charge on any atom is -0.377 e. The molecule has 0 spiro atoms. The molecule has 4 aliphatic heterocycles. The Labute approximate surface area is 288 Å². The van der Waals surface area contributed by atoms with Crippen LogP contribution < -0.4 is 15.5 Å². The number of hydrogen-bond donors (Lipinski definition) is 3. The van der Waals surface area contributed by atoms with Gasteiger partial charge in [-0.25, -0.2) is 9.97 Å². The molecule has 7 heterocycles. The zero-order valence-corrected chi connectivity index (χ0v) is 28.4. The average Bonchev–Trinajstić information content (AvgIpc) is 3.64. The van der Waals surface area contributed by atoms with Crippen LogP contribution in [0.15, 0.2) is 67.1 Å². The summed E-state index contributed by atoms with van der Waals surface area (Å²) in [5.74, 6) is 1.01. The van der Waals surface area contributed by atoms with E-state index in [2.05, 4.69) is 91.3 Å². The predicted octanol–water partition coefficient (Wildman–Crippen LogP) is 4.90. The molecule has 11 nitrogen and oxygen atoms in total. The number of pyridine rings is 1. The molecule has 0 aliphatic carbocycles. The molecule has 49 heavy (non-hydrogen) atoms. The van der Waals surface area contributed by atoms with E-state index in [0.717, 1.165) is 111 Å². The van der Waals surface area contributed by atoms with Crippen molar-refractivity contribution in [3.8, 4) is 11.3 Å². The standard InChI is InChI=1S/C38H47N9O2/c1-25(19-45-15-4-16-45)38(48)43-30-5-3-14-46(21-30)20-27-12-13-39-34(17-27)26(2)42-29-8-6-28(7-9-29)35-18-33-36(44-35)40-24-41-37(33)47-31-10-11-32(47)23-49-22-31/h6-9,12-13,17-18,24,26,30-32,42H,1,3-5,10-11,14-16,19-23H2,2H3,(H,43,48)(H,40,41,44)/t26-,30-,31?,32?/m1/s1. The second-order valence-corrected chi connectivity index (χ2v) is 14.3. The number of piperidine rings is 1. The number of H-pyrrole nitrogens is 1. The summed E-state index contributed by atoms with van der Waals surface area (Å²) in [4.78, 5) is 37.4. The maximum absolute atomic E-state index is 12.8. The van der Waals surface area contributed by atoms with Crippen molar-refractivity contribution in [3.05, 3.63) is 78.4 Å². The Morgan fingerprint density at radius 1 is 1.00 bits per heavy atom. The number of hydrogen-bond acceptors (Lipinski definition) is 9. The van der Waals surface area contributed by atoms with E-state index in [-0.39, 0.29) is 18.0 Å². The highest BCUT2D eigenvalue weighted by Gasteiger charge is 2.39. The third-order valence-electron chi connectivity index (χ3n) is 10.7. The Morgan fingerprint density at radius 2 is 1.80 bits per heavy atom. The highest BCUT2D eigenvalue weighted by Crippen LogP contribution is 2.37. The zero-order valence-electron chi connectivity index (χ0n) is 28.4. The van der Waals surface area contributed by atoms with Gasteiger partial charge in [0.15, 0.2) is 0 Å². The largest absolute Gasteiger partial charge is 0.377 e. The smallest absolute Gasteiger partial charge is 0.248 e. The van der Waals surface area contributed by atoms with Gasteiger partial charge in [0.2, 0.25) is 5.91 Å². The van der Waals surface area contributed by atoms with Crippen LogP contribution in [0.5, 0.6) is 0 Å². The van der Waals surface area contributed by atoms with Crippen LogP contribution in [0.4, 0.5) is 11.5 Å². The minimum absolute atomic E-state index is 0.00186. The van der Waals surface area contributed by atoms with Crippen LogP contribution >= 0.6 is 0 Å². The van der Waals surface area contributed by atoms with Crippen molar-refractivity contribution in [1.29, 1.82) is 0 Å². The van der Waals surface area contributed by atoms with Crippen molar-refractivity contribution in [2.75, 3.05) is 56.2 Å². The SMILES string of the molecule is C=C(CN1CCC1)C(=O)N[C@@H]1CCCN(Cc2ccnc([C@@H](C)Nc3ccc(-c4cc5c(N6C7CCC6COC7)ncnc5[nH]4)cc3)c2)C1. The van der Waals surface area contributed by atoms with Gasteiger partial charge in [-0.15, -0.1) is 0 Å². The topological polar surface area (TPSA) is 115 Å². The lowest BCUT2D eigenvalue weighted by Gasteiger charge is -2.35. The van der Waals surface area contributed by atoms with Gasteiger partial charge in [0.05, 0.1) is 42.4 Å². The first-order valence-electron chi connectivity index (χ1n) is 17.9. The number of morpholine rings is 1. The lowest BCUT2D eigenvalue weighted by molar-refractivity contribution is -0.118. The second-order valence-electron chi connectivity index (χ2n) is 14.3. The number of carbonyl (C=O) groups is 1. The summed E-state index contributed by atoms with van der Waals surface area (Å²) in [7, 11) is 0. The zero-order chi connectivity index (χ0) is 33.3. The normalized spacial score (nSPS) is 23.3. The van der Waals surface area contributed by atoms with Crippen LogP contribution in [0.2, 0.25) is 0 Å². The molecule has 1 aromatic carbocycles. The average molecular weight is 662 g/mol. The van der Waals surface area contributed by atoms with Gasteiger partial charge in [-0.1, -0.05) is 18.7 Å². The first kappa shape index (κ1) is 31.9. The minimum atomic E-state index is -0.00186. The molecule has 1 amide bonds. The quantitative estimate of drug-likeness (QED) is 0.193. The molecule has 8 rings (SSSR count). The summed E-state index contributed by atoms with van der Waals surface area (Å²) in [6.45, 7) is 13.2. The second kappa shape index (κ2) is 13.9. The number of likely N-dealkylation sites (tertiary alicyclic amines) is 2. The number of amides is 1. The summed E-state index contributed by atoms with van der Waals surface area (Å²) in [5.41, 5.74) is 6.94. The van der Waals surface area contributed by atoms with Crippen LogP contribution in [-0.2, 0) is 16.1 Å². The van der Waals surface area contributed by atoms with E-state index in [1.807, 2.05) is 6.20 Å². The summed E-state index contributed by atoms with van der Waals surface area (Å²) in [6.07, 6.45) is 9.16. The third-order valence-corrected chi connectivity index (χ3v) is 10.7. The highest BCUT2D eigenvalue weighted by molar-refractivity contribution is 5.93. The van der Waals surface area contributed by atoms with Crippen molar-refractivity contribution in [2.45, 2.75) is 69.7 Å². The van der Waals surface area contributed by atoms with E-state index in [4.69, 9.17) is 14.7 Å². The molecule has 11 heteroatoms. The fourth-order valence-electron chi connectivity index (χ4n) is 7.91. The van der Waals surface area contributed by atoms with Crippen molar-refractivity contribution < 1.29 is 9.53 Å². The number of carbonyl (C=O) groups excluding carboxylic acids is 1. The van der Waals surface area contributed by atoms with E-state index < -0.39 is 0 Å². The highest BCUT2D eigenvalue weighted by atomic mass is 16.5. The van der Waals surface area contributed by atoms with Gasteiger partial charge in [-0.2, -0.15) is 0 Å². The maximum Gasteiger partial charge on any atom is 0.248 e. The number of benzene rings is 1. The molecule has 2 unspecified atom stereocenters. The number of nitrogens with one attached hydrogen (secondary N) is 3. The summed E-state index contributed by atoms with van der Waals surface area (Å²) in [5, 5.41) is 7.94. The number of anilines is 2. The molecule has 4 fully saturated rings. The molecule has 4 atom stereocenters. The van der Waals surface area contributed by atoms with Gasteiger partial charge in [0.25, 0.3) is 0 Å². The van der Waals surface area contributed by atoms with Crippen LogP contribution in [0.25, 0.3) is 22.3 Å². The first-order chi connectivity index (χ1) is 24.0. The van der Waals surface area contributed by atoms with E-state index in [0.29, 0.717) is 24.2 Å². The Morgan fingerprint density at radius 3 is 2.57 bits per heavy atom. The van der Waals surface area contributed by atoms with Gasteiger partial charge in [-0.05, 0) is 100 Å². The molecule has 256 valence electrons. The molecular formula is C38H47N9O2. The molecule has 2 bridgehead atoms. The lowest BCUT2D eigenvalue weighted by atomic mass is 10.0. The fourth-order valence-corrected chi connectivity index (χ4v) is 7.91. The van der Waals surface area contributed by atoms with Crippen molar-refractivity contribution in [2.24, 2.45) is 0 Å². The van der Waals surface area contributed by atoms with E-state index in [9.17, 15) is 4.79 Å². The van der Waals surface area contributed by atoms with Gasteiger partial charge in [-0.3, -0.25) is 19.6 Å². The molecular weight excluding hydrogens is 614 g/mol. The first-order valence-corrected chi connectivity index (χ1v) is 17.9. The van der Waals surface area contributed by atoms with Crippen molar-refractivity contribution >= 4 is 28.4 Å². The van der Waals surface area contributed by atoms with Gasteiger partial charge >= 0.3 is 0 Å². The molecule has 4 saturated heterocycles. The summed E-state index contributed by atoms with van der Waals surface area (Å²) >= 11 is 0. The van der Waals surface area contributed by atoms with E-state index >= 15 is 0 Å². The van der Waals surface area contributed by atoms with E-state index in [1.165, 1.54) is 12.0 Å². The maximum atomic E-state index is 12.8. The molecule has 4 aromatic rings. The Kier molecular flexibility index (Phi) is 9.05. The predicted molar refractivity (Wildman–Crippen MR) is 192 cm³/mol. The number of rotatable bonds is 11. The molecule has 3 aromatic heterocycles. The number of nitrogens with zero attached hydrogens (tertiary/aromatic N) is 6. The van der Waals surface area contributed by atoms with Gasteiger partial charge in [0.1, 0.15) is 17.8 Å². The third kappa shape index (κ3) is 6.92. The molecule has 0 saturated carbocycles. The number of fused-ring (bicyclic) bond motifs is 3. The van der Waals surface area contributed by atoms with Gasteiger partial charge in [0, 0.05) is 48.8 Å². The van der Waals surface area contributed by atoms with Crippen LogP contribution in [0.3, 0.4) is 0 Å². The van der Waals surface area contributed by atoms with E-state index in [1.54, 1.807) is 6.33 Å². The summed E-state index contributed by atoms with van der Waals surface area (Å²) < 4.78 is 5.81. The van der Waals surface area contributed by atoms with Crippen molar-refractivity contribution in [1.82, 2.24) is 35.1 Å². The fraction of sp³-hybridized carbons (Fsp3) is 0.474. The number of aromatic nitrogens is 4.